The van der Waals surface area contributed by atoms with Gasteiger partial charge in [-0.25, -0.2) is 4.98 Å². The summed E-state index contributed by atoms with van der Waals surface area (Å²) in [5, 5.41) is 13.9. The molecule has 0 atom stereocenters. The molecule has 172 valence electrons. The first-order valence-electron chi connectivity index (χ1n) is 11.8. The number of pyridine rings is 1. The molecule has 2 fully saturated rings. The number of aryl methyl sites for hydroxylation is 1. The Morgan fingerprint density at radius 3 is 2.64 bits per heavy atom. The SMILES string of the molecule is Cn1cc(-c2ccc(Nc3ncc(C4CC4)c(NCCCNC(=O)C4CCC4)n3)cn2)cn1. The summed E-state index contributed by atoms with van der Waals surface area (Å²) in [7, 11) is 1.89. The van der Waals surface area contributed by atoms with Crippen molar-refractivity contribution in [2.75, 3.05) is 23.7 Å². The van der Waals surface area contributed by atoms with Crippen LogP contribution in [-0.4, -0.2) is 43.7 Å². The Labute approximate surface area is 193 Å². The molecule has 2 aliphatic carbocycles. The predicted molar refractivity (Wildman–Crippen MR) is 127 cm³/mol. The van der Waals surface area contributed by atoms with Crippen molar-refractivity contribution in [3.63, 3.8) is 0 Å². The molecule has 0 aliphatic heterocycles. The van der Waals surface area contributed by atoms with Crippen LogP contribution in [-0.2, 0) is 11.8 Å². The second-order valence-corrected chi connectivity index (χ2v) is 8.93. The van der Waals surface area contributed by atoms with Crippen LogP contribution in [0.2, 0.25) is 0 Å². The van der Waals surface area contributed by atoms with Gasteiger partial charge in [0.05, 0.1) is 23.8 Å². The van der Waals surface area contributed by atoms with E-state index in [1.54, 1.807) is 17.1 Å². The molecule has 0 saturated heterocycles. The van der Waals surface area contributed by atoms with Crippen molar-refractivity contribution in [2.45, 2.75) is 44.4 Å². The number of hydrogen-bond donors (Lipinski definition) is 3. The topological polar surface area (TPSA) is 110 Å². The van der Waals surface area contributed by atoms with E-state index >= 15 is 0 Å². The molecule has 1 amide bonds. The van der Waals surface area contributed by atoms with E-state index in [4.69, 9.17) is 4.98 Å². The zero-order valence-corrected chi connectivity index (χ0v) is 18.9. The molecule has 0 unspecified atom stereocenters. The molecule has 9 nitrogen and oxygen atoms in total. The van der Waals surface area contributed by atoms with Gasteiger partial charge in [0, 0.05) is 49.6 Å². The van der Waals surface area contributed by atoms with E-state index in [-0.39, 0.29) is 11.8 Å². The van der Waals surface area contributed by atoms with Gasteiger partial charge in [0.1, 0.15) is 5.82 Å². The lowest BCUT2D eigenvalue weighted by atomic mass is 9.85. The van der Waals surface area contributed by atoms with Crippen molar-refractivity contribution < 1.29 is 4.79 Å². The highest BCUT2D eigenvalue weighted by molar-refractivity contribution is 5.79. The monoisotopic (exact) mass is 446 g/mol. The van der Waals surface area contributed by atoms with Gasteiger partial charge in [-0.15, -0.1) is 0 Å². The van der Waals surface area contributed by atoms with E-state index in [1.165, 1.54) is 24.8 Å². The largest absolute Gasteiger partial charge is 0.370 e. The predicted octanol–water partition coefficient (Wildman–Crippen LogP) is 3.61. The van der Waals surface area contributed by atoms with E-state index in [2.05, 4.69) is 31.0 Å². The van der Waals surface area contributed by atoms with Gasteiger partial charge in [0.15, 0.2) is 0 Å². The van der Waals surface area contributed by atoms with Crippen LogP contribution in [0.5, 0.6) is 0 Å². The highest BCUT2D eigenvalue weighted by Gasteiger charge is 2.28. The van der Waals surface area contributed by atoms with Crippen molar-refractivity contribution in [1.29, 1.82) is 0 Å². The minimum Gasteiger partial charge on any atom is -0.370 e. The van der Waals surface area contributed by atoms with Crippen LogP contribution in [0.25, 0.3) is 11.3 Å². The summed E-state index contributed by atoms with van der Waals surface area (Å²) < 4.78 is 1.76. The molecule has 3 N–H and O–H groups in total. The summed E-state index contributed by atoms with van der Waals surface area (Å²) in [4.78, 5) is 25.7. The summed E-state index contributed by atoms with van der Waals surface area (Å²) in [6.45, 7) is 1.44. The maximum Gasteiger partial charge on any atom is 0.229 e. The first kappa shape index (κ1) is 21.4. The molecule has 33 heavy (non-hydrogen) atoms. The zero-order chi connectivity index (χ0) is 22.6. The van der Waals surface area contributed by atoms with Crippen molar-refractivity contribution in [3.8, 4) is 11.3 Å². The number of nitrogens with one attached hydrogen (secondary N) is 3. The van der Waals surface area contributed by atoms with E-state index in [0.29, 0.717) is 18.4 Å². The van der Waals surface area contributed by atoms with E-state index < -0.39 is 0 Å². The second kappa shape index (κ2) is 9.56. The molecule has 3 aromatic rings. The summed E-state index contributed by atoms with van der Waals surface area (Å²) in [6.07, 6.45) is 13.9. The van der Waals surface area contributed by atoms with Crippen LogP contribution in [0, 0.1) is 5.92 Å². The minimum absolute atomic E-state index is 0.205. The maximum absolute atomic E-state index is 12.0. The fourth-order valence-electron chi connectivity index (χ4n) is 3.93. The van der Waals surface area contributed by atoms with Crippen molar-refractivity contribution >= 4 is 23.4 Å². The zero-order valence-electron chi connectivity index (χ0n) is 18.9. The molecule has 0 spiro atoms. The van der Waals surface area contributed by atoms with E-state index in [0.717, 1.165) is 48.6 Å². The maximum atomic E-state index is 12.0. The Morgan fingerprint density at radius 1 is 1.09 bits per heavy atom. The van der Waals surface area contributed by atoms with Gasteiger partial charge in [-0.3, -0.25) is 14.5 Å². The third-order valence-electron chi connectivity index (χ3n) is 6.28. The molecule has 3 heterocycles. The van der Waals surface area contributed by atoms with Gasteiger partial charge in [-0.05, 0) is 50.2 Å². The summed E-state index contributed by atoms with van der Waals surface area (Å²) in [6, 6.07) is 3.92. The van der Waals surface area contributed by atoms with Gasteiger partial charge in [-0.1, -0.05) is 6.42 Å². The third-order valence-corrected chi connectivity index (χ3v) is 6.28. The van der Waals surface area contributed by atoms with Crippen molar-refractivity contribution in [2.24, 2.45) is 13.0 Å². The average molecular weight is 447 g/mol. The Kier molecular flexibility index (Phi) is 6.19. The number of hydrogen-bond acceptors (Lipinski definition) is 7. The summed E-state index contributed by atoms with van der Waals surface area (Å²) in [5.41, 5.74) is 3.84. The van der Waals surface area contributed by atoms with Crippen LogP contribution >= 0.6 is 0 Å². The quantitative estimate of drug-likeness (QED) is 0.408. The first-order valence-corrected chi connectivity index (χ1v) is 11.8. The molecule has 9 heteroatoms. The molecule has 0 radical (unpaired) electrons. The number of rotatable bonds is 10. The Balaban J connectivity index is 1.18. The number of anilines is 3. The molecule has 2 aliphatic rings. The number of carbonyl (C=O) groups is 1. The molecular formula is C24H30N8O. The van der Waals surface area contributed by atoms with Gasteiger partial charge in [-0.2, -0.15) is 10.1 Å². The van der Waals surface area contributed by atoms with E-state index in [9.17, 15) is 4.79 Å². The van der Waals surface area contributed by atoms with Gasteiger partial charge in [0.2, 0.25) is 11.9 Å². The lowest BCUT2D eigenvalue weighted by Crippen LogP contribution is -2.35. The standard InChI is InChI=1S/C24H30N8O/c1-32-15-18(12-29-32)21-9-8-19(13-27-21)30-24-28-14-20(16-6-7-16)22(31-24)25-10-3-11-26-23(33)17-4-2-5-17/h8-9,12-17H,2-7,10-11H2,1H3,(H,26,33)(H2,25,28,30,31). The molecule has 2 saturated carbocycles. The van der Waals surface area contributed by atoms with Crippen molar-refractivity contribution in [3.05, 3.63) is 42.5 Å². The Morgan fingerprint density at radius 2 is 1.97 bits per heavy atom. The molecular weight excluding hydrogens is 416 g/mol. The first-order chi connectivity index (χ1) is 16.2. The van der Waals surface area contributed by atoms with Crippen LogP contribution < -0.4 is 16.0 Å². The van der Waals surface area contributed by atoms with Crippen LogP contribution in [0.4, 0.5) is 17.5 Å². The van der Waals surface area contributed by atoms with Gasteiger partial charge in [0.25, 0.3) is 0 Å². The van der Waals surface area contributed by atoms with Crippen LogP contribution in [0.1, 0.15) is 50.0 Å². The number of nitrogens with zero attached hydrogens (tertiary/aromatic N) is 5. The third kappa shape index (κ3) is 5.30. The van der Waals surface area contributed by atoms with Gasteiger partial charge >= 0.3 is 0 Å². The summed E-state index contributed by atoms with van der Waals surface area (Å²) in [5.74, 6) is 2.40. The fraction of sp³-hybridized carbons (Fsp3) is 0.458. The smallest absolute Gasteiger partial charge is 0.229 e. The molecule has 0 bridgehead atoms. The van der Waals surface area contributed by atoms with E-state index in [1.807, 2.05) is 31.6 Å². The number of amides is 1. The van der Waals surface area contributed by atoms with Gasteiger partial charge < -0.3 is 16.0 Å². The lowest BCUT2D eigenvalue weighted by Gasteiger charge is -2.24. The molecule has 0 aromatic carbocycles. The molecule has 5 rings (SSSR count). The fourth-order valence-corrected chi connectivity index (χ4v) is 3.93. The lowest BCUT2D eigenvalue weighted by molar-refractivity contribution is -0.127. The normalized spacial score (nSPS) is 15.7. The Hall–Kier alpha value is -3.49. The summed E-state index contributed by atoms with van der Waals surface area (Å²) >= 11 is 0. The Bertz CT molecular complexity index is 1100. The minimum atomic E-state index is 0.205. The second-order valence-electron chi connectivity index (χ2n) is 8.93. The molecule has 3 aromatic heterocycles. The number of carbonyl (C=O) groups excluding carboxylic acids is 1. The van der Waals surface area contributed by atoms with Crippen LogP contribution in [0.3, 0.4) is 0 Å². The van der Waals surface area contributed by atoms with Crippen molar-refractivity contribution in [1.82, 2.24) is 30.0 Å². The highest BCUT2D eigenvalue weighted by atomic mass is 16.1. The average Bonchev–Trinajstić information content (AvgIpc) is 3.53. The number of aromatic nitrogens is 5. The van der Waals surface area contributed by atoms with Crippen LogP contribution in [0.15, 0.2) is 36.9 Å². The highest BCUT2D eigenvalue weighted by Crippen LogP contribution is 2.42.